The van der Waals surface area contributed by atoms with E-state index in [1.54, 1.807) is 37.1 Å². The van der Waals surface area contributed by atoms with Crippen LogP contribution < -0.4 is 5.43 Å². The maximum Gasteiger partial charge on any atom is 0.259 e. The SMILES string of the molecule is Cc1cc(=O)c(C(=O)N(C)[C@H](C)c2nc(C)sc2C)c(C)[nH]1. The van der Waals surface area contributed by atoms with Crippen molar-refractivity contribution in [1.29, 1.82) is 0 Å². The fourth-order valence-corrected chi connectivity index (χ4v) is 3.49. The second kappa shape index (κ2) is 6.04. The van der Waals surface area contributed by atoms with Gasteiger partial charge >= 0.3 is 0 Å². The lowest BCUT2D eigenvalue weighted by atomic mass is 10.1. The van der Waals surface area contributed by atoms with Crippen LogP contribution in [0.15, 0.2) is 10.9 Å². The molecular formula is C16H21N3O2S. The van der Waals surface area contributed by atoms with Gasteiger partial charge in [0.05, 0.1) is 16.7 Å². The third-order valence-corrected chi connectivity index (χ3v) is 4.71. The monoisotopic (exact) mass is 319 g/mol. The molecule has 0 aromatic carbocycles. The fraction of sp³-hybridized carbons (Fsp3) is 0.438. The van der Waals surface area contributed by atoms with Crippen LogP contribution >= 0.6 is 11.3 Å². The van der Waals surface area contributed by atoms with Gasteiger partial charge in [-0.25, -0.2) is 4.98 Å². The van der Waals surface area contributed by atoms with E-state index in [0.29, 0.717) is 5.69 Å². The van der Waals surface area contributed by atoms with Gasteiger partial charge in [0, 0.05) is 29.4 Å². The number of H-pyrrole nitrogens is 1. The van der Waals surface area contributed by atoms with E-state index in [1.807, 2.05) is 20.8 Å². The molecule has 22 heavy (non-hydrogen) atoms. The largest absolute Gasteiger partial charge is 0.362 e. The normalized spacial score (nSPS) is 12.3. The highest BCUT2D eigenvalue weighted by Gasteiger charge is 2.25. The van der Waals surface area contributed by atoms with Crippen molar-refractivity contribution in [3.63, 3.8) is 0 Å². The average molecular weight is 319 g/mol. The number of aromatic amines is 1. The number of rotatable bonds is 3. The number of nitrogens with zero attached hydrogens (tertiary/aromatic N) is 2. The number of carbonyl (C=O) groups excluding carboxylic acids is 1. The number of carbonyl (C=O) groups is 1. The molecule has 0 spiro atoms. The van der Waals surface area contributed by atoms with Crippen LogP contribution in [0, 0.1) is 27.7 Å². The van der Waals surface area contributed by atoms with Crippen LogP contribution in [0.25, 0.3) is 0 Å². The summed E-state index contributed by atoms with van der Waals surface area (Å²) in [5, 5.41) is 0.976. The quantitative estimate of drug-likeness (QED) is 0.946. The summed E-state index contributed by atoms with van der Waals surface area (Å²) >= 11 is 1.61. The highest BCUT2D eigenvalue weighted by atomic mass is 32.1. The van der Waals surface area contributed by atoms with Gasteiger partial charge < -0.3 is 9.88 Å². The zero-order chi connectivity index (χ0) is 16.6. The Hall–Kier alpha value is -1.95. The van der Waals surface area contributed by atoms with Crippen molar-refractivity contribution in [2.45, 2.75) is 40.7 Å². The van der Waals surface area contributed by atoms with Gasteiger partial charge in [0.1, 0.15) is 5.56 Å². The molecule has 0 fully saturated rings. The van der Waals surface area contributed by atoms with Crippen LogP contribution in [-0.4, -0.2) is 27.8 Å². The Morgan fingerprint density at radius 2 is 1.95 bits per heavy atom. The molecule has 2 rings (SSSR count). The lowest BCUT2D eigenvalue weighted by Crippen LogP contribution is -2.34. The number of aryl methyl sites for hydroxylation is 4. The number of nitrogens with one attached hydrogen (secondary N) is 1. The maximum absolute atomic E-state index is 12.7. The van der Waals surface area contributed by atoms with Gasteiger partial charge in [-0.05, 0) is 34.6 Å². The molecule has 2 aromatic heterocycles. The Morgan fingerprint density at radius 1 is 1.32 bits per heavy atom. The molecule has 118 valence electrons. The van der Waals surface area contributed by atoms with Crippen molar-refractivity contribution < 1.29 is 4.79 Å². The van der Waals surface area contributed by atoms with Gasteiger partial charge in [-0.3, -0.25) is 9.59 Å². The van der Waals surface area contributed by atoms with Crippen LogP contribution in [0.4, 0.5) is 0 Å². The molecule has 5 nitrogen and oxygen atoms in total. The van der Waals surface area contributed by atoms with E-state index in [4.69, 9.17) is 0 Å². The molecule has 1 N–H and O–H groups in total. The fourth-order valence-electron chi connectivity index (χ4n) is 2.58. The number of hydrogen-bond acceptors (Lipinski definition) is 4. The van der Waals surface area contributed by atoms with Gasteiger partial charge in [-0.1, -0.05) is 0 Å². The number of hydrogen-bond donors (Lipinski definition) is 1. The molecule has 6 heteroatoms. The van der Waals surface area contributed by atoms with Crippen molar-refractivity contribution in [3.05, 3.63) is 48.8 Å². The third kappa shape index (κ3) is 2.97. The number of aromatic nitrogens is 2. The second-order valence-electron chi connectivity index (χ2n) is 5.58. The topological polar surface area (TPSA) is 66.1 Å². The first-order valence-corrected chi connectivity index (χ1v) is 7.95. The van der Waals surface area contributed by atoms with E-state index in [1.165, 1.54) is 6.07 Å². The number of amides is 1. The van der Waals surface area contributed by atoms with Crippen LogP contribution in [0.3, 0.4) is 0 Å². The molecular weight excluding hydrogens is 298 g/mol. The van der Waals surface area contributed by atoms with E-state index < -0.39 is 0 Å². The Kier molecular flexibility index (Phi) is 4.51. The minimum absolute atomic E-state index is 0.183. The van der Waals surface area contributed by atoms with Gasteiger partial charge in [-0.15, -0.1) is 11.3 Å². The molecule has 0 aliphatic carbocycles. The van der Waals surface area contributed by atoms with Gasteiger partial charge in [0.15, 0.2) is 5.43 Å². The maximum atomic E-state index is 12.7. The predicted molar refractivity (Wildman–Crippen MR) is 88.6 cm³/mol. The summed E-state index contributed by atoms with van der Waals surface area (Å²) in [6.45, 7) is 9.43. The van der Waals surface area contributed by atoms with Crippen LogP contribution in [0.2, 0.25) is 0 Å². The Morgan fingerprint density at radius 3 is 2.45 bits per heavy atom. The minimum atomic E-state index is -0.281. The predicted octanol–water partition coefficient (Wildman–Crippen LogP) is 2.90. The molecule has 1 amide bonds. The lowest BCUT2D eigenvalue weighted by Gasteiger charge is -2.24. The van der Waals surface area contributed by atoms with Crippen LogP contribution in [0.1, 0.15) is 50.3 Å². The first kappa shape index (κ1) is 16.4. The average Bonchev–Trinajstić information content (AvgIpc) is 2.74. The third-order valence-electron chi connectivity index (χ3n) is 3.80. The van der Waals surface area contributed by atoms with Gasteiger partial charge in [0.2, 0.25) is 0 Å². The summed E-state index contributed by atoms with van der Waals surface area (Å²) in [4.78, 5) is 35.1. The summed E-state index contributed by atoms with van der Waals surface area (Å²) in [6.07, 6.45) is 0. The van der Waals surface area contributed by atoms with Crippen LogP contribution in [0.5, 0.6) is 0 Å². The Balaban J connectivity index is 2.37. The number of thiazole rings is 1. The molecule has 0 aliphatic rings. The lowest BCUT2D eigenvalue weighted by molar-refractivity contribution is 0.0737. The highest BCUT2D eigenvalue weighted by molar-refractivity contribution is 7.11. The second-order valence-corrected chi connectivity index (χ2v) is 6.99. The highest BCUT2D eigenvalue weighted by Crippen LogP contribution is 2.26. The minimum Gasteiger partial charge on any atom is -0.362 e. The van der Waals surface area contributed by atoms with Crippen molar-refractivity contribution in [2.75, 3.05) is 7.05 Å². The first-order chi connectivity index (χ1) is 10.2. The molecule has 2 heterocycles. The van der Waals surface area contributed by atoms with E-state index >= 15 is 0 Å². The molecule has 0 unspecified atom stereocenters. The van der Waals surface area contributed by atoms with E-state index in [2.05, 4.69) is 9.97 Å². The molecule has 0 saturated carbocycles. The molecule has 0 aliphatic heterocycles. The molecule has 1 atom stereocenters. The van der Waals surface area contributed by atoms with Gasteiger partial charge in [0.25, 0.3) is 5.91 Å². The van der Waals surface area contributed by atoms with Crippen molar-refractivity contribution >= 4 is 17.2 Å². The summed E-state index contributed by atoms with van der Waals surface area (Å²) in [5.74, 6) is -0.281. The first-order valence-electron chi connectivity index (χ1n) is 7.14. The Bertz CT molecular complexity index is 776. The zero-order valence-corrected chi connectivity index (χ0v) is 14.6. The molecule has 0 saturated heterocycles. The number of pyridine rings is 1. The van der Waals surface area contributed by atoms with E-state index in [0.717, 1.165) is 21.3 Å². The molecule has 0 bridgehead atoms. The van der Waals surface area contributed by atoms with Gasteiger partial charge in [-0.2, -0.15) is 0 Å². The standard InChI is InChI=1S/C16H21N3O2S/c1-8-7-13(20)14(9(2)17-8)16(21)19(6)10(3)15-11(4)22-12(5)18-15/h7,10H,1-6H3,(H,17,20)/t10-/m1/s1. The van der Waals surface area contributed by atoms with E-state index in [9.17, 15) is 9.59 Å². The van der Waals surface area contributed by atoms with E-state index in [-0.39, 0.29) is 22.9 Å². The summed E-state index contributed by atoms with van der Waals surface area (Å²) in [5.41, 5.74) is 2.19. The zero-order valence-electron chi connectivity index (χ0n) is 13.8. The van der Waals surface area contributed by atoms with Crippen molar-refractivity contribution in [1.82, 2.24) is 14.9 Å². The van der Waals surface area contributed by atoms with Crippen molar-refractivity contribution in [2.24, 2.45) is 0 Å². The summed E-state index contributed by atoms with van der Waals surface area (Å²) in [7, 11) is 1.71. The summed E-state index contributed by atoms with van der Waals surface area (Å²) in [6, 6.07) is 1.27. The molecule has 2 aromatic rings. The van der Waals surface area contributed by atoms with Crippen LogP contribution in [-0.2, 0) is 0 Å². The Labute approximate surface area is 134 Å². The molecule has 0 radical (unpaired) electrons. The summed E-state index contributed by atoms with van der Waals surface area (Å²) < 4.78 is 0. The smallest absolute Gasteiger partial charge is 0.259 e. The van der Waals surface area contributed by atoms with Crippen molar-refractivity contribution in [3.8, 4) is 0 Å².